The Labute approximate surface area is 522 Å². The summed E-state index contributed by atoms with van der Waals surface area (Å²) in [5.41, 5.74) is 0.845. The van der Waals surface area contributed by atoms with Gasteiger partial charge in [0, 0.05) is 38.5 Å². The van der Waals surface area contributed by atoms with Crippen LogP contribution in [-0.2, 0) is 80.0 Å². The number of phenolic OH excluding ortho intramolecular Hbond substituents is 1. The molecule has 0 saturated carbocycles. The van der Waals surface area contributed by atoms with Crippen LogP contribution in [0.1, 0.15) is 148 Å². The van der Waals surface area contributed by atoms with Gasteiger partial charge in [-0.25, -0.2) is 4.79 Å². The van der Waals surface area contributed by atoms with Crippen molar-refractivity contribution >= 4 is 83.6 Å². The van der Waals surface area contributed by atoms with Gasteiger partial charge in [-0.05, 0) is 69.3 Å². The third-order valence-electron chi connectivity index (χ3n) is 14.4. The van der Waals surface area contributed by atoms with Gasteiger partial charge in [0.1, 0.15) is 72.7 Å². The maximum absolute atomic E-state index is 14.5. The predicted molar refractivity (Wildman–Crippen MR) is 324 cm³/mol. The van der Waals surface area contributed by atoms with E-state index in [2.05, 4.69) is 53.2 Å². The molecule has 0 aliphatic rings. The number of carbonyl (C=O) groups is 14. The Balaban J connectivity index is 2.46. The van der Waals surface area contributed by atoms with Crippen molar-refractivity contribution in [2.24, 2.45) is 0 Å². The summed E-state index contributed by atoms with van der Waals surface area (Å²) in [5, 5.41) is 74.3. The number of hydrogen-bond donors (Lipinski definition) is 15. The van der Waals surface area contributed by atoms with Crippen LogP contribution >= 0.6 is 0 Å². The lowest BCUT2D eigenvalue weighted by Gasteiger charge is -2.29. The zero-order chi connectivity index (χ0) is 67.3. The van der Waals surface area contributed by atoms with Crippen molar-refractivity contribution in [1.29, 1.82) is 0 Å². The maximum atomic E-state index is 14.5. The van der Waals surface area contributed by atoms with Gasteiger partial charge >= 0.3 is 17.9 Å². The van der Waals surface area contributed by atoms with Crippen LogP contribution in [0.25, 0.3) is 0 Å². The number of aliphatic hydroxyl groups is 1. The lowest BCUT2D eigenvalue weighted by Crippen LogP contribution is -2.62. The number of aliphatic carboxylic acids is 3. The quantitative estimate of drug-likeness (QED) is 0.0303. The topological polar surface area (TPSA) is 460 Å². The highest BCUT2D eigenvalue weighted by Crippen LogP contribution is 2.15. The molecule has 9 amide bonds. The molecule has 0 saturated heterocycles. The lowest BCUT2D eigenvalue weighted by molar-refractivity contribution is -0.143. The number of aliphatic hydroxyl groups excluding tert-OH is 1. The van der Waals surface area contributed by atoms with Crippen LogP contribution in [-0.4, -0.2) is 183 Å². The van der Waals surface area contributed by atoms with E-state index in [-0.39, 0.29) is 31.4 Å². The van der Waals surface area contributed by atoms with Crippen LogP contribution in [0.15, 0.2) is 54.6 Å². The van der Waals surface area contributed by atoms with Crippen molar-refractivity contribution in [2.45, 2.75) is 216 Å². The number of carbonyl (C=O) groups excluding carboxylic acids is 11. The number of hydrogen-bond acceptors (Lipinski definition) is 17. The summed E-state index contributed by atoms with van der Waals surface area (Å²) in [6, 6.07) is -1.83. The molecule has 2 aromatic rings. The fraction of sp³-hybridized carbons (Fsp3) is 0.574. The molecule has 0 radical (unpaired) electrons. The average Bonchev–Trinajstić information content (AvgIpc) is 1.50. The number of phenols is 1. The van der Waals surface area contributed by atoms with Gasteiger partial charge in [0.2, 0.25) is 53.2 Å². The first kappa shape index (κ1) is 77.2. The molecule has 498 valence electrons. The van der Waals surface area contributed by atoms with Crippen LogP contribution in [0.2, 0.25) is 0 Å². The van der Waals surface area contributed by atoms with Gasteiger partial charge in [-0.1, -0.05) is 115 Å². The molecule has 11 atom stereocenters. The normalized spacial score (nSPS) is 14.6. The highest BCUT2D eigenvalue weighted by atomic mass is 16.4. The molecule has 0 aromatic heterocycles. The van der Waals surface area contributed by atoms with E-state index in [1.54, 1.807) is 37.4 Å². The van der Waals surface area contributed by atoms with E-state index >= 15 is 0 Å². The summed E-state index contributed by atoms with van der Waals surface area (Å²) in [4.78, 5) is 185. The largest absolute Gasteiger partial charge is 0.508 e. The number of unbranched alkanes of at least 4 members (excludes halogenated alkanes) is 5. The van der Waals surface area contributed by atoms with Crippen LogP contribution in [0, 0.1) is 0 Å². The molecule has 90 heavy (non-hydrogen) atoms. The maximum Gasteiger partial charge on any atom is 0.326 e. The third kappa shape index (κ3) is 29.0. The zero-order valence-electron chi connectivity index (χ0n) is 51.6. The molecular formula is C61H90N10O19. The minimum atomic E-state index is -1.95. The second-order valence-corrected chi connectivity index (χ2v) is 21.8. The molecule has 0 bridgehead atoms. The Morgan fingerprint density at radius 2 is 0.756 bits per heavy atom. The highest BCUT2D eigenvalue weighted by molar-refractivity contribution is 5.99. The van der Waals surface area contributed by atoms with Crippen molar-refractivity contribution in [2.75, 3.05) is 7.05 Å². The summed E-state index contributed by atoms with van der Waals surface area (Å²) < 4.78 is 0. The van der Waals surface area contributed by atoms with Gasteiger partial charge in [-0.2, -0.15) is 0 Å². The van der Waals surface area contributed by atoms with Gasteiger partial charge in [0.15, 0.2) is 0 Å². The van der Waals surface area contributed by atoms with Gasteiger partial charge < -0.3 is 88.3 Å². The van der Waals surface area contributed by atoms with Crippen molar-refractivity contribution < 1.29 is 92.7 Å². The highest BCUT2D eigenvalue weighted by Gasteiger charge is 2.37. The van der Waals surface area contributed by atoms with Gasteiger partial charge in [0.05, 0.1) is 12.1 Å². The number of benzene rings is 2. The summed E-state index contributed by atoms with van der Waals surface area (Å²) in [6.07, 6.45) is -0.0201. The van der Waals surface area contributed by atoms with Gasteiger partial charge in [-0.15, -0.1) is 0 Å². The van der Waals surface area contributed by atoms with Crippen molar-refractivity contribution in [3.05, 3.63) is 65.7 Å². The van der Waals surface area contributed by atoms with Crippen molar-refractivity contribution in [1.82, 2.24) is 53.2 Å². The second-order valence-electron chi connectivity index (χ2n) is 21.8. The Morgan fingerprint density at radius 3 is 1.18 bits per heavy atom. The van der Waals surface area contributed by atoms with Crippen molar-refractivity contribution in [3.8, 4) is 5.75 Å². The zero-order valence-corrected chi connectivity index (χ0v) is 51.6. The fourth-order valence-electron chi connectivity index (χ4n) is 9.23. The number of carboxylic acids is 3. The Morgan fingerprint density at radius 1 is 0.411 bits per heavy atom. The number of likely N-dealkylation sites (N-methyl/N-ethyl adjacent to an activating group) is 1. The first-order valence-corrected chi connectivity index (χ1v) is 30.3. The molecule has 11 unspecified atom stereocenters. The van der Waals surface area contributed by atoms with E-state index in [1.165, 1.54) is 24.3 Å². The van der Waals surface area contributed by atoms with E-state index in [1.807, 2.05) is 20.8 Å². The molecule has 0 heterocycles. The van der Waals surface area contributed by atoms with E-state index in [9.17, 15) is 92.7 Å². The molecule has 29 heteroatoms. The monoisotopic (exact) mass is 1270 g/mol. The molecule has 0 aliphatic carbocycles. The fourth-order valence-corrected chi connectivity index (χ4v) is 9.23. The number of amides is 9. The third-order valence-corrected chi connectivity index (χ3v) is 14.4. The molecule has 2 rings (SSSR count). The molecular weight excluding hydrogens is 1180 g/mol. The summed E-state index contributed by atoms with van der Waals surface area (Å²) in [6.45, 7) is 6.82. The second kappa shape index (κ2) is 42.1. The number of aldehydes is 2. The molecule has 2 aromatic carbocycles. The van der Waals surface area contributed by atoms with Crippen LogP contribution < -0.4 is 53.2 Å². The molecule has 0 fully saturated rings. The summed E-state index contributed by atoms with van der Waals surface area (Å²) in [7, 11) is 1.61. The SMILES string of the molecule is CCCCCC(NC)C(=O)NC(CCCC)C(=O)NC(CC=O)C(=O)NC(CC=O)C(=O)NC(Cc1ccccc1)C(=O)NC(CCCCC)C(=O)NC(C(=O)NC(CCC(=O)O)C(=O)NC(CCC(=O)O)C(=O)NC(Cc1ccc(O)cc1)C(=O)O)C(C)O. The Bertz CT molecular complexity index is 2700. The molecule has 0 aliphatic heterocycles. The van der Waals surface area contributed by atoms with Gasteiger partial charge in [0.25, 0.3) is 0 Å². The molecule has 29 nitrogen and oxygen atoms in total. The first-order chi connectivity index (χ1) is 42.8. The standard InChI is InChI=1S/C61H90N10O19/c1-6-9-13-20-40(62-5)52(80)63-41(19-11-8-3)53(81)66-45(30-32-72)56(84)67-46(31-33-73)57(85)69-47(34-37-17-15-12-16-18-37)59(87)64-42(21-14-10-7-2)58(86)71-51(36(4)74)60(88)68-44(27-29-50(78)79)54(82)65-43(26-28-49(76)77)55(83)70-48(61(89)90)35-38-22-24-39(75)25-23-38/h12,15-18,22-25,32-33,36,40-48,51,62,74-75H,6-11,13-14,19-21,26-31,34-35H2,1-5H3,(H,63,80)(H,64,87)(H,65,82)(H,66,81)(H,67,84)(H,68,88)(H,69,85)(H,70,83)(H,71,86)(H,76,77)(H,78,79)(H,89,90). The predicted octanol–water partition coefficient (Wildman–Crippen LogP) is -0.148. The molecule has 15 N–H and O–H groups in total. The first-order valence-electron chi connectivity index (χ1n) is 30.3. The smallest absolute Gasteiger partial charge is 0.326 e. The Hall–Kier alpha value is -8.86. The lowest BCUT2D eigenvalue weighted by atomic mass is 10.0. The minimum Gasteiger partial charge on any atom is -0.508 e. The minimum absolute atomic E-state index is 0.0989. The van der Waals surface area contributed by atoms with E-state index < -0.39 is 176 Å². The number of rotatable bonds is 46. The van der Waals surface area contributed by atoms with E-state index in [0.29, 0.717) is 62.2 Å². The van der Waals surface area contributed by atoms with Gasteiger partial charge in [-0.3, -0.25) is 52.7 Å². The number of aromatic hydroxyl groups is 1. The molecule has 0 spiro atoms. The van der Waals surface area contributed by atoms with Crippen LogP contribution in [0.4, 0.5) is 0 Å². The number of nitrogens with one attached hydrogen (secondary N) is 10. The van der Waals surface area contributed by atoms with Crippen LogP contribution in [0.3, 0.4) is 0 Å². The Kier molecular flexibility index (Phi) is 36.2. The van der Waals surface area contributed by atoms with Crippen molar-refractivity contribution in [3.63, 3.8) is 0 Å². The summed E-state index contributed by atoms with van der Waals surface area (Å²) >= 11 is 0. The van der Waals surface area contributed by atoms with E-state index in [0.717, 1.165) is 26.2 Å². The number of carboxylic acid groups (broad SMARTS) is 3. The summed E-state index contributed by atoms with van der Waals surface area (Å²) in [5.74, 6) is -13.7. The van der Waals surface area contributed by atoms with Crippen LogP contribution in [0.5, 0.6) is 5.75 Å². The average molecular weight is 1270 g/mol. The van der Waals surface area contributed by atoms with E-state index in [4.69, 9.17) is 0 Å².